The number of hydrogen-bond donors (Lipinski definition) is 1. The summed E-state index contributed by atoms with van der Waals surface area (Å²) >= 11 is 3.23. The molecule has 1 rings (SSSR count). The molecular weight excluding hydrogens is 296 g/mol. The molecule has 0 bridgehead atoms. The summed E-state index contributed by atoms with van der Waals surface area (Å²) < 4.78 is 7.72. The average Bonchev–Trinajstić information content (AvgIpc) is 2.37. The molecule has 0 amide bonds. The molecule has 0 fully saturated rings. The van der Waals surface area contributed by atoms with Gasteiger partial charge in [0.2, 0.25) is 0 Å². The summed E-state index contributed by atoms with van der Waals surface area (Å²) in [5.41, 5.74) is 0.0125. The third-order valence-electron chi connectivity index (χ3n) is 2.57. The second-order valence-corrected chi connectivity index (χ2v) is 4.92. The summed E-state index contributed by atoms with van der Waals surface area (Å²) in [6.07, 6.45) is 4.08. The molecule has 0 atom stereocenters. The molecule has 0 aromatic carbocycles. The topological polar surface area (TPSA) is 43.3 Å². The smallest absolute Gasteiger partial charge is 0.264 e. The molecule has 4 nitrogen and oxygen atoms in total. The van der Waals surface area contributed by atoms with Crippen LogP contribution >= 0.6 is 15.9 Å². The van der Waals surface area contributed by atoms with Crippen LogP contribution in [0.3, 0.4) is 0 Å². The van der Waals surface area contributed by atoms with Crippen LogP contribution in [0, 0.1) is 0 Å². The van der Waals surface area contributed by atoms with E-state index >= 15 is 0 Å². The summed E-state index contributed by atoms with van der Waals surface area (Å²) in [5, 5.41) is 3.26. The maximum Gasteiger partial charge on any atom is 0.264 e. The van der Waals surface area contributed by atoms with Crippen molar-refractivity contribution in [2.45, 2.75) is 26.3 Å². The first-order valence-corrected chi connectivity index (χ1v) is 7.18. The molecule has 1 aromatic heterocycles. The maximum absolute atomic E-state index is 11.7. The van der Waals surface area contributed by atoms with E-state index in [-0.39, 0.29) is 5.56 Å². The van der Waals surface area contributed by atoms with E-state index in [1.807, 2.05) is 6.07 Å². The van der Waals surface area contributed by atoms with Gasteiger partial charge in [-0.2, -0.15) is 0 Å². The van der Waals surface area contributed by atoms with Gasteiger partial charge in [0.25, 0.3) is 5.56 Å². The molecule has 0 aliphatic heterocycles. The highest BCUT2D eigenvalue weighted by molar-refractivity contribution is 9.10. The number of aromatic nitrogens is 1. The van der Waals surface area contributed by atoms with Gasteiger partial charge in [0, 0.05) is 32.4 Å². The Morgan fingerprint density at radius 2 is 2.22 bits per heavy atom. The molecule has 0 spiro atoms. The van der Waals surface area contributed by atoms with Crippen molar-refractivity contribution in [3.8, 4) is 0 Å². The van der Waals surface area contributed by atoms with E-state index in [2.05, 4.69) is 28.2 Å². The van der Waals surface area contributed by atoms with Gasteiger partial charge in [0.05, 0.1) is 11.1 Å². The minimum absolute atomic E-state index is 0.0125. The monoisotopic (exact) mass is 316 g/mol. The van der Waals surface area contributed by atoms with E-state index in [9.17, 15) is 4.79 Å². The van der Waals surface area contributed by atoms with Gasteiger partial charge in [-0.25, -0.2) is 0 Å². The van der Waals surface area contributed by atoms with E-state index in [0.717, 1.165) is 32.7 Å². The highest BCUT2D eigenvalue weighted by Crippen LogP contribution is 2.00. The Morgan fingerprint density at radius 3 is 3.00 bits per heavy atom. The lowest BCUT2D eigenvalue weighted by Crippen LogP contribution is -2.28. The number of pyridine rings is 1. The lowest BCUT2D eigenvalue weighted by Gasteiger charge is -2.08. The molecule has 5 heteroatoms. The van der Waals surface area contributed by atoms with Crippen LogP contribution in [0.5, 0.6) is 0 Å². The van der Waals surface area contributed by atoms with Crippen molar-refractivity contribution >= 4 is 15.9 Å². The van der Waals surface area contributed by atoms with E-state index in [0.29, 0.717) is 11.0 Å². The van der Waals surface area contributed by atoms with Gasteiger partial charge >= 0.3 is 0 Å². The first-order valence-electron chi connectivity index (χ1n) is 6.39. The minimum atomic E-state index is 0.0125. The van der Waals surface area contributed by atoms with Gasteiger partial charge in [-0.1, -0.05) is 13.3 Å². The fraction of sp³-hybridized carbons (Fsp3) is 0.615. The van der Waals surface area contributed by atoms with Crippen molar-refractivity contribution < 1.29 is 4.74 Å². The van der Waals surface area contributed by atoms with E-state index in [1.165, 1.54) is 6.42 Å². The number of nitrogens with one attached hydrogen (secondary N) is 1. The van der Waals surface area contributed by atoms with Crippen LogP contribution in [0.4, 0.5) is 0 Å². The first-order chi connectivity index (χ1) is 8.75. The van der Waals surface area contributed by atoms with Gasteiger partial charge in [-0.3, -0.25) is 4.79 Å². The number of rotatable bonds is 9. The highest BCUT2D eigenvalue weighted by Gasteiger charge is 1.98. The molecular formula is C13H21BrN2O2. The van der Waals surface area contributed by atoms with Crippen LogP contribution in [0.15, 0.2) is 27.6 Å². The van der Waals surface area contributed by atoms with Crippen molar-refractivity contribution in [3.63, 3.8) is 0 Å². The number of ether oxygens (including phenoxy) is 1. The van der Waals surface area contributed by atoms with Crippen LogP contribution in [-0.2, 0) is 11.3 Å². The Morgan fingerprint density at radius 1 is 1.39 bits per heavy atom. The molecule has 18 heavy (non-hydrogen) atoms. The SMILES string of the molecule is CCCCOCCNCCn1cccc(Br)c1=O. The molecule has 0 aliphatic carbocycles. The Labute approximate surface area is 116 Å². The molecule has 0 saturated heterocycles. The first kappa shape index (κ1) is 15.4. The summed E-state index contributed by atoms with van der Waals surface area (Å²) in [6.45, 7) is 5.99. The van der Waals surface area contributed by atoms with Gasteiger partial charge < -0.3 is 14.6 Å². The lowest BCUT2D eigenvalue weighted by molar-refractivity contribution is 0.133. The fourth-order valence-corrected chi connectivity index (χ4v) is 1.88. The third kappa shape index (κ3) is 5.80. The van der Waals surface area contributed by atoms with Crippen molar-refractivity contribution in [2.24, 2.45) is 0 Å². The third-order valence-corrected chi connectivity index (χ3v) is 3.17. The van der Waals surface area contributed by atoms with Crippen LogP contribution in [-0.4, -0.2) is 30.9 Å². The summed E-state index contributed by atoms with van der Waals surface area (Å²) in [5.74, 6) is 0. The summed E-state index contributed by atoms with van der Waals surface area (Å²) in [6, 6.07) is 3.62. The van der Waals surface area contributed by atoms with E-state index < -0.39 is 0 Å². The predicted molar refractivity (Wildman–Crippen MR) is 77.0 cm³/mol. The van der Waals surface area contributed by atoms with Crippen molar-refractivity contribution in [3.05, 3.63) is 33.2 Å². The largest absolute Gasteiger partial charge is 0.380 e. The summed E-state index contributed by atoms with van der Waals surface area (Å²) in [7, 11) is 0. The normalized spacial score (nSPS) is 10.8. The standard InChI is InChI=1S/C13H21BrN2O2/c1-2-3-10-18-11-7-15-6-9-16-8-4-5-12(14)13(16)17/h4-5,8,15H,2-3,6-7,9-11H2,1H3. The lowest BCUT2D eigenvalue weighted by atomic mass is 10.4. The number of unbranched alkanes of at least 4 members (excludes halogenated alkanes) is 1. The maximum atomic E-state index is 11.7. The quantitative estimate of drug-likeness (QED) is 0.709. The average molecular weight is 317 g/mol. The molecule has 1 aromatic rings. The molecule has 0 aliphatic rings. The van der Waals surface area contributed by atoms with Crippen molar-refractivity contribution in [2.75, 3.05) is 26.3 Å². The van der Waals surface area contributed by atoms with Crippen LogP contribution in [0.2, 0.25) is 0 Å². The Bertz CT molecular complexity index is 393. The minimum Gasteiger partial charge on any atom is -0.380 e. The van der Waals surface area contributed by atoms with Crippen LogP contribution in [0.1, 0.15) is 19.8 Å². The second-order valence-electron chi connectivity index (χ2n) is 4.07. The zero-order valence-electron chi connectivity index (χ0n) is 10.8. The zero-order chi connectivity index (χ0) is 13.2. The number of halogens is 1. The van der Waals surface area contributed by atoms with Crippen LogP contribution < -0.4 is 10.9 Å². The number of nitrogens with zero attached hydrogens (tertiary/aromatic N) is 1. The van der Waals surface area contributed by atoms with Gasteiger partial charge in [0.15, 0.2) is 0 Å². The van der Waals surface area contributed by atoms with Gasteiger partial charge in [0.1, 0.15) is 0 Å². The van der Waals surface area contributed by atoms with Gasteiger partial charge in [-0.15, -0.1) is 0 Å². The predicted octanol–water partition coefficient (Wildman–Crippen LogP) is 2.02. The molecule has 0 unspecified atom stereocenters. The Balaban J connectivity index is 2.11. The Hall–Kier alpha value is -0.650. The molecule has 102 valence electrons. The van der Waals surface area contributed by atoms with Gasteiger partial charge in [-0.05, 0) is 34.5 Å². The second kappa shape index (κ2) is 9.30. The van der Waals surface area contributed by atoms with E-state index in [1.54, 1.807) is 16.8 Å². The zero-order valence-corrected chi connectivity index (χ0v) is 12.4. The number of hydrogen-bond acceptors (Lipinski definition) is 3. The fourth-order valence-electron chi connectivity index (χ4n) is 1.50. The van der Waals surface area contributed by atoms with Crippen LogP contribution in [0.25, 0.3) is 0 Å². The van der Waals surface area contributed by atoms with Crippen molar-refractivity contribution in [1.29, 1.82) is 0 Å². The van der Waals surface area contributed by atoms with E-state index in [4.69, 9.17) is 4.74 Å². The Kier molecular flexibility index (Phi) is 7.96. The highest BCUT2D eigenvalue weighted by atomic mass is 79.9. The molecule has 1 N–H and O–H groups in total. The molecule has 1 heterocycles. The van der Waals surface area contributed by atoms with Crippen molar-refractivity contribution in [1.82, 2.24) is 9.88 Å². The molecule has 0 saturated carbocycles. The summed E-state index contributed by atoms with van der Waals surface area (Å²) in [4.78, 5) is 11.7. The molecule has 0 radical (unpaired) electrons.